The smallest absolute Gasteiger partial charge is 0.261 e. The molecule has 0 bridgehead atoms. The molecule has 0 aliphatic heterocycles. The van der Waals surface area contributed by atoms with Crippen molar-refractivity contribution in [3.8, 4) is 5.69 Å². The lowest BCUT2D eigenvalue weighted by Crippen LogP contribution is -2.23. The lowest BCUT2D eigenvalue weighted by atomic mass is 10.1. The normalized spacial score (nSPS) is 11.2. The number of amides is 1. The van der Waals surface area contributed by atoms with Gasteiger partial charge < -0.3 is 9.88 Å². The first-order chi connectivity index (χ1) is 15.8. The number of aromatic nitrogens is 2. The molecule has 0 radical (unpaired) electrons. The van der Waals surface area contributed by atoms with Gasteiger partial charge in [0.15, 0.2) is 0 Å². The molecule has 33 heavy (non-hydrogen) atoms. The summed E-state index contributed by atoms with van der Waals surface area (Å²) >= 11 is 0. The van der Waals surface area contributed by atoms with E-state index in [2.05, 4.69) is 15.0 Å². The summed E-state index contributed by atoms with van der Waals surface area (Å²) in [5.41, 5.74) is 1.47. The third kappa shape index (κ3) is 5.24. The zero-order valence-corrected chi connectivity index (χ0v) is 17.9. The van der Waals surface area contributed by atoms with Crippen LogP contribution >= 0.6 is 0 Å². The van der Waals surface area contributed by atoms with Crippen LogP contribution in [0.4, 0.5) is 14.5 Å². The molecule has 0 aliphatic carbocycles. The van der Waals surface area contributed by atoms with Gasteiger partial charge in [0.1, 0.15) is 11.6 Å². The molecule has 1 heterocycles. The first kappa shape index (κ1) is 22.2. The van der Waals surface area contributed by atoms with Gasteiger partial charge in [-0.1, -0.05) is 6.07 Å². The van der Waals surface area contributed by atoms with Gasteiger partial charge in [0, 0.05) is 30.2 Å². The number of halogens is 2. The van der Waals surface area contributed by atoms with Crippen LogP contribution in [0.1, 0.15) is 15.9 Å². The molecule has 4 rings (SSSR count). The van der Waals surface area contributed by atoms with Crippen LogP contribution in [0.25, 0.3) is 5.69 Å². The van der Waals surface area contributed by atoms with E-state index in [1.165, 1.54) is 36.7 Å². The Hall–Kier alpha value is -4.05. The Morgan fingerprint density at radius 3 is 2.33 bits per heavy atom. The lowest BCUT2D eigenvalue weighted by Gasteiger charge is -2.10. The summed E-state index contributed by atoms with van der Waals surface area (Å²) in [4.78, 5) is 16.2. The number of hydrogen-bond donors (Lipinski definition) is 2. The van der Waals surface area contributed by atoms with Crippen LogP contribution in [0.5, 0.6) is 0 Å². The fourth-order valence-corrected chi connectivity index (χ4v) is 4.13. The number of rotatable bonds is 7. The number of carbonyl (C=O) groups is 1. The van der Waals surface area contributed by atoms with E-state index in [0.717, 1.165) is 24.3 Å². The molecule has 1 amide bonds. The highest BCUT2D eigenvalue weighted by molar-refractivity contribution is 7.92. The molecule has 0 saturated heterocycles. The van der Waals surface area contributed by atoms with Gasteiger partial charge in [-0.2, -0.15) is 0 Å². The van der Waals surface area contributed by atoms with E-state index < -0.39 is 27.6 Å². The summed E-state index contributed by atoms with van der Waals surface area (Å²) in [6, 6.07) is 14.9. The Balaban J connectivity index is 1.37. The quantitative estimate of drug-likeness (QED) is 0.431. The van der Waals surface area contributed by atoms with Crippen LogP contribution in [0.15, 0.2) is 90.3 Å². The monoisotopic (exact) mass is 468 g/mol. The molecule has 0 fully saturated rings. The Morgan fingerprint density at radius 2 is 1.70 bits per heavy atom. The van der Waals surface area contributed by atoms with Gasteiger partial charge in [-0.25, -0.2) is 22.2 Å². The maximum absolute atomic E-state index is 14.3. The van der Waals surface area contributed by atoms with E-state index in [1.54, 1.807) is 29.1 Å². The molecular formula is C23H18F2N4O3S. The number of carbonyl (C=O) groups excluding carboxylic acids is 1. The summed E-state index contributed by atoms with van der Waals surface area (Å²) in [5.74, 6) is -1.39. The van der Waals surface area contributed by atoms with E-state index in [0.29, 0.717) is 16.8 Å². The largest absolute Gasteiger partial charge is 0.348 e. The third-order valence-electron chi connectivity index (χ3n) is 4.77. The summed E-state index contributed by atoms with van der Waals surface area (Å²) < 4.78 is 56.0. The van der Waals surface area contributed by atoms with E-state index in [9.17, 15) is 22.0 Å². The Labute approximate surface area is 188 Å². The number of nitrogens with one attached hydrogen (secondary N) is 2. The summed E-state index contributed by atoms with van der Waals surface area (Å²) in [6.07, 6.45) is 4.67. The molecule has 3 aromatic carbocycles. The zero-order valence-electron chi connectivity index (χ0n) is 17.1. The van der Waals surface area contributed by atoms with Crippen molar-refractivity contribution >= 4 is 21.6 Å². The highest BCUT2D eigenvalue weighted by Gasteiger charge is 2.15. The van der Waals surface area contributed by atoms with Crippen molar-refractivity contribution in [3.05, 3.63) is 108 Å². The fourth-order valence-electron chi connectivity index (χ4n) is 3.07. The van der Waals surface area contributed by atoms with Crippen molar-refractivity contribution in [3.63, 3.8) is 0 Å². The standard InChI is InChI=1S/C23H18F2N4O3S/c24-18-4-8-20(9-5-18)33(31,32)28-19-6-2-17(3-7-19)23(30)27-14-16-1-10-22(21(25)13-16)29-12-11-26-15-29/h1-13,15,28H,14H2,(H,27,30). The Kier molecular flexibility index (Phi) is 6.18. The molecule has 0 aliphatic rings. The molecule has 10 heteroatoms. The molecule has 0 spiro atoms. The van der Waals surface area contributed by atoms with Gasteiger partial charge in [-0.05, 0) is 66.2 Å². The van der Waals surface area contributed by atoms with E-state index >= 15 is 0 Å². The van der Waals surface area contributed by atoms with Crippen molar-refractivity contribution in [2.24, 2.45) is 0 Å². The fraction of sp³-hybridized carbons (Fsp3) is 0.0435. The zero-order chi connectivity index (χ0) is 23.4. The maximum Gasteiger partial charge on any atom is 0.261 e. The van der Waals surface area contributed by atoms with Crippen LogP contribution in [0.3, 0.4) is 0 Å². The molecule has 7 nitrogen and oxygen atoms in total. The summed E-state index contributed by atoms with van der Waals surface area (Å²) in [5, 5.41) is 2.70. The van der Waals surface area contributed by atoms with Gasteiger partial charge >= 0.3 is 0 Å². The highest BCUT2D eigenvalue weighted by atomic mass is 32.2. The van der Waals surface area contributed by atoms with Crippen molar-refractivity contribution in [1.82, 2.24) is 14.9 Å². The second kappa shape index (κ2) is 9.21. The summed E-state index contributed by atoms with van der Waals surface area (Å²) in [6.45, 7) is 0.110. The Bertz CT molecular complexity index is 1370. The first-order valence-corrected chi connectivity index (χ1v) is 11.2. The molecule has 4 aromatic rings. The predicted molar refractivity (Wildman–Crippen MR) is 118 cm³/mol. The maximum atomic E-state index is 14.3. The SMILES string of the molecule is O=C(NCc1ccc(-n2ccnc2)c(F)c1)c1ccc(NS(=O)(=O)c2ccc(F)cc2)cc1. The molecule has 0 atom stereocenters. The molecule has 1 aromatic heterocycles. The van der Waals surface area contributed by atoms with Crippen molar-refractivity contribution in [2.45, 2.75) is 11.4 Å². The van der Waals surface area contributed by atoms with Gasteiger partial charge in [0.25, 0.3) is 15.9 Å². The number of anilines is 1. The highest BCUT2D eigenvalue weighted by Crippen LogP contribution is 2.18. The van der Waals surface area contributed by atoms with Crippen LogP contribution in [-0.4, -0.2) is 23.9 Å². The average molecular weight is 468 g/mol. The molecular weight excluding hydrogens is 450 g/mol. The number of imidazole rings is 1. The van der Waals surface area contributed by atoms with E-state index in [1.807, 2.05) is 0 Å². The van der Waals surface area contributed by atoms with Crippen molar-refractivity contribution in [1.29, 1.82) is 0 Å². The number of nitrogens with zero attached hydrogens (tertiary/aromatic N) is 2. The van der Waals surface area contributed by atoms with Crippen LogP contribution in [-0.2, 0) is 16.6 Å². The van der Waals surface area contributed by atoms with Gasteiger partial charge in [0.2, 0.25) is 0 Å². The minimum absolute atomic E-state index is 0.0861. The van der Waals surface area contributed by atoms with Crippen LogP contribution in [0.2, 0.25) is 0 Å². The molecule has 0 saturated carbocycles. The van der Waals surface area contributed by atoms with Gasteiger partial charge in [0.05, 0.1) is 16.9 Å². The van der Waals surface area contributed by atoms with Crippen LogP contribution in [0, 0.1) is 11.6 Å². The van der Waals surface area contributed by atoms with Gasteiger partial charge in [-0.15, -0.1) is 0 Å². The van der Waals surface area contributed by atoms with E-state index in [-0.39, 0.29) is 17.1 Å². The van der Waals surface area contributed by atoms with Crippen molar-refractivity contribution < 1.29 is 22.0 Å². The van der Waals surface area contributed by atoms with E-state index in [4.69, 9.17) is 0 Å². The second-order valence-corrected chi connectivity index (χ2v) is 8.76. The number of sulfonamides is 1. The predicted octanol–water partition coefficient (Wildman–Crippen LogP) is 3.88. The molecule has 2 N–H and O–H groups in total. The second-order valence-electron chi connectivity index (χ2n) is 7.08. The third-order valence-corrected chi connectivity index (χ3v) is 6.17. The minimum atomic E-state index is -3.89. The topological polar surface area (TPSA) is 93.1 Å². The Morgan fingerprint density at radius 1 is 0.970 bits per heavy atom. The average Bonchev–Trinajstić information content (AvgIpc) is 3.33. The first-order valence-electron chi connectivity index (χ1n) is 9.75. The number of benzene rings is 3. The molecule has 168 valence electrons. The molecule has 0 unspecified atom stereocenters. The minimum Gasteiger partial charge on any atom is -0.348 e. The van der Waals surface area contributed by atoms with Crippen molar-refractivity contribution in [2.75, 3.05) is 4.72 Å². The summed E-state index contributed by atoms with van der Waals surface area (Å²) in [7, 11) is -3.89. The lowest BCUT2D eigenvalue weighted by molar-refractivity contribution is 0.0951. The van der Waals surface area contributed by atoms with Crippen LogP contribution < -0.4 is 10.0 Å². The van der Waals surface area contributed by atoms with Gasteiger partial charge in [-0.3, -0.25) is 9.52 Å². The number of hydrogen-bond acceptors (Lipinski definition) is 4.